The molecule has 1 atom stereocenters. The number of amides is 1. The van der Waals surface area contributed by atoms with Crippen molar-refractivity contribution < 1.29 is 14.3 Å². The fourth-order valence-corrected chi connectivity index (χ4v) is 4.75. The number of aryl methyl sites for hydroxylation is 1. The molecule has 0 saturated carbocycles. The SMILES string of the molecule is Cn1ccc(Oc2ccc(Nc3ncnc4ccc(C5CCCN(C(=O)OC(C)(C)C)C5)cc34)cc2Cl)n1. The molecular weight excluding hydrogens is 504 g/mol. The van der Waals surface area contributed by atoms with Crippen LogP contribution in [0.5, 0.6) is 11.6 Å². The summed E-state index contributed by atoms with van der Waals surface area (Å²) in [5.41, 5.74) is 2.21. The Hall–Kier alpha value is -3.85. The highest BCUT2D eigenvalue weighted by atomic mass is 35.5. The van der Waals surface area contributed by atoms with Crippen LogP contribution in [0.1, 0.15) is 45.1 Å². The molecule has 1 aliphatic rings. The third-order valence-electron chi connectivity index (χ3n) is 6.30. The molecule has 4 aromatic rings. The molecule has 5 rings (SSSR count). The Morgan fingerprint density at radius 1 is 1.13 bits per heavy atom. The molecule has 1 fully saturated rings. The molecule has 2 aromatic carbocycles. The molecule has 1 unspecified atom stereocenters. The maximum Gasteiger partial charge on any atom is 0.410 e. The number of carbonyl (C=O) groups excluding carboxylic acids is 1. The van der Waals surface area contributed by atoms with Crippen molar-refractivity contribution in [3.8, 4) is 11.6 Å². The van der Waals surface area contributed by atoms with Gasteiger partial charge < -0.3 is 19.7 Å². The second-order valence-electron chi connectivity index (χ2n) is 10.5. The molecule has 0 aliphatic carbocycles. The quantitative estimate of drug-likeness (QED) is 0.305. The summed E-state index contributed by atoms with van der Waals surface area (Å²) in [6.45, 7) is 6.98. The number of hydrogen-bond acceptors (Lipinski definition) is 7. The van der Waals surface area contributed by atoms with Crippen LogP contribution in [0.25, 0.3) is 10.9 Å². The van der Waals surface area contributed by atoms with Crippen molar-refractivity contribution >= 4 is 40.1 Å². The van der Waals surface area contributed by atoms with Crippen LogP contribution in [0.2, 0.25) is 5.02 Å². The van der Waals surface area contributed by atoms with E-state index in [2.05, 4.69) is 32.5 Å². The Morgan fingerprint density at radius 2 is 1.97 bits per heavy atom. The molecule has 1 aliphatic heterocycles. The van der Waals surface area contributed by atoms with Gasteiger partial charge in [0.15, 0.2) is 0 Å². The van der Waals surface area contributed by atoms with Gasteiger partial charge in [0.25, 0.3) is 0 Å². The second-order valence-corrected chi connectivity index (χ2v) is 10.9. The van der Waals surface area contributed by atoms with Crippen LogP contribution in [0.4, 0.5) is 16.3 Å². The minimum atomic E-state index is -0.517. The average molecular weight is 535 g/mol. The van der Waals surface area contributed by atoms with Gasteiger partial charge in [0.1, 0.15) is 23.5 Å². The first-order valence-electron chi connectivity index (χ1n) is 12.6. The molecule has 3 heterocycles. The van der Waals surface area contributed by atoms with E-state index in [9.17, 15) is 4.79 Å². The number of aromatic nitrogens is 4. The lowest BCUT2D eigenvalue weighted by Crippen LogP contribution is -2.42. The third-order valence-corrected chi connectivity index (χ3v) is 6.60. The summed E-state index contributed by atoms with van der Waals surface area (Å²) in [5.74, 6) is 1.85. The van der Waals surface area contributed by atoms with Crippen molar-refractivity contribution in [3.05, 3.63) is 65.6 Å². The fraction of sp³-hybridized carbons (Fsp3) is 0.357. The van der Waals surface area contributed by atoms with E-state index in [0.717, 1.165) is 35.0 Å². The number of ether oxygens (including phenoxy) is 2. The van der Waals surface area contributed by atoms with E-state index < -0.39 is 5.60 Å². The topological polar surface area (TPSA) is 94.4 Å². The van der Waals surface area contributed by atoms with Crippen molar-refractivity contribution in [2.75, 3.05) is 18.4 Å². The number of piperidine rings is 1. The number of benzene rings is 2. The van der Waals surface area contributed by atoms with Gasteiger partial charge in [-0.05, 0) is 69.5 Å². The second kappa shape index (κ2) is 10.5. The Bertz CT molecular complexity index is 1460. The number of fused-ring (bicyclic) bond motifs is 1. The van der Waals surface area contributed by atoms with E-state index in [-0.39, 0.29) is 12.0 Å². The van der Waals surface area contributed by atoms with Gasteiger partial charge in [-0.3, -0.25) is 4.68 Å². The first-order valence-corrected chi connectivity index (χ1v) is 13.0. The van der Waals surface area contributed by atoms with Crippen molar-refractivity contribution in [3.63, 3.8) is 0 Å². The predicted molar refractivity (Wildman–Crippen MR) is 147 cm³/mol. The minimum Gasteiger partial charge on any atom is -0.444 e. The highest BCUT2D eigenvalue weighted by Gasteiger charge is 2.28. The molecule has 0 spiro atoms. The molecule has 0 radical (unpaired) electrons. The summed E-state index contributed by atoms with van der Waals surface area (Å²) in [7, 11) is 1.82. The molecule has 1 saturated heterocycles. The number of rotatable bonds is 5. The smallest absolute Gasteiger partial charge is 0.410 e. The van der Waals surface area contributed by atoms with Crippen molar-refractivity contribution in [2.24, 2.45) is 7.05 Å². The zero-order valence-electron chi connectivity index (χ0n) is 21.9. The average Bonchev–Trinajstić information content (AvgIpc) is 3.29. The van der Waals surface area contributed by atoms with Gasteiger partial charge in [-0.1, -0.05) is 17.7 Å². The van der Waals surface area contributed by atoms with Gasteiger partial charge >= 0.3 is 6.09 Å². The fourth-order valence-electron chi connectivity index (χ4n) is 4.53. The van der Waals surface area contributed by atoms with Crippen LogP contribution in [0.15, 0.2) is 55.0 Å². The number of nitrogens with zero attached hydrogens (tertiary/aromatic N) is 5. The standard InChI is InChI=1S/C28H31ClN6O3/c1-28(2,3)38-27(36)35-12-5-6-19(16-35)18-7-9-23-21(14-18)26(31-17-30-23)32-20-8-10-24(22(29)15-20)37-25-11-13-34(4)33-25/h7-11,13-15,17,19H,5-6,12,16H2,1-4H3,(H,30,31,32). The Labute approximate surface area is 226 Å². The van der Waals surface area contributed by atoms with E-state index in [1.54, 1.807) is 34.0 Å². The largest absolute Gasteiger partial charge is 0.444 e. The normalized spacial score (nSPS) is 15.9. The number of carbonyl (C=O) groups is 1. The number of hydrogen-bond donors (Lipinski definition) is 1. The molecule has 9 nitrogen and oxygen atoms in total. The van der Waals surface area contributed by atoms with Crippen LogP contribution >= 0.6 is 11.6 Å². The minimum absolute atomic E-state index is 0.200. The molecule has 38 heavy (non-hydrogen) atoms. The van der Waals surface area contributed by atoms with Crippen molar-refractivity contribution in [2.45, 2.75) is 45.1 Å². The monoisotopic (exact) mass is 534 g/mol. The number of halogens is 1. The zero-order valence-corrected chi connectivity index (χ0v) is 22.7. The maximum atomic E-state index is 12.7. The van der Waals surface area contributed by atoms with Crippen LogP contribution < -0.4 is 10.1 Å². The molecule has 2 aromatic heterocycles. The summed E-state index contributed by atoms with van der Waals surface area (Å²) in [4.78, 5) is 23.4. The number of anilines is 2. The first-order chi connectivity index (χ1) is 18.1. The maximum absolute atomic E-state index is 12.7. The highest BCUT2D eigenvalue weighted by Crippen LogP contribution is 2.34. The number of nitrogens with one attached hydrogen (secondary N) is 1. The van der Waals surface area contributed by atoms with E-state index in [1.807, 2.05) is 40.0 Å². The molecule has 198 valence electrons. The van der Waals surface area contributed by atoms with E-state index in [4.69, 9.17) is 21.1 Å². The zero-order chi connectivity index (χ0) is 26.9. The van der Waals surface area contributed by atoms with E-state index in [0.29, 0.717) is 35.6 Å². The van der Waals surface area contributed by atoms with E-state index in [1.165, 1.54) is 6.33 Å². The molecule has 1 amide bonds. The lowest BCUT2D eigenvalue weighted by Gasteiger charge is -2.34. The van der Waals surface area contributed by atoms with Gasteiger partial charge in [0, 0.05) is 49.4 Å². The number of likely N-dealkylation sites (tertiary alicyclic amines) is 1. The highest BCUT2D eigenvalue weighted by molar-refractivity contribution is 6.32. The van der Waals surface area contributed by atoms with Crippen LogP contribution in [-0.4, -0.2) is 49.4 Å². The van der Waals surface area contributed by atoms with Crippen molar-refractivity contribution in [1.82, 2.24) is 24.6 Å². The lowest BCUT2D eigenvalue weighted by atomic mass is 9.90. The van der Waals surface area contributed by atoms with Crippen LogP contribution in [-0.2, 0) is 11.8 Å². The van der Waals surface area contributed by atoms with Gasteiger partial charge in [0.2, 0.25) is 5.88 Å². The summed E-state index contributed by atoms with van der Waals surface area (Å²) in [6, 6.07) is 13.4. The van der Waals surface area contributed by atoms with Crippen molar-refractivity contribution in [1.29, 1.82) is 0 Å². The van der Waals surface area contributed by atoms with Gasteiger partial charge in [-0.25, -0.2) is 14.8 Å². The molecule has 0 bridgehead atoms. The summed E-state index contributed by atoms with van der Waals surface area (Å²) < 4.78 is 13.1. The Kier molecular flexibility index (Phi) is 7.12. The Morgan fingerprint density at radius 3 is 2.71 bits per heavy atom. The summed E-state index contributed by atoms with van der Waals surface area (Å²) >= 11 is 6.50. The summed E-state index contributed by atoms with van der Waals surface area (Å²) in [5, 5.41) is 8.93. The van der Waals surface area contributed by atoms with Gasteiger partial charge in [-0.2, -0.15) is 0 Å². The lowest BCUT2D eigenvalue weighted by molar-refractivity contribution is 0.0198. The third kappa shape index (κ3) is 5.99. The molecular formula is C28H31ClN6O3. The van der Waals surface area contributed by atoms with Gasteiger partial charge in [0.05, 0.1) is 10.5 Å². The summed E-state index contributed by atoms with van der Waals surface area (Å²) in [6.07, 6.45) is 4.99. The van der Waals surface area contributed by atoms with E-state index >= 15 is 0 Å². The first kappa shape index (κ1) is 25.8. The van der Waals surface area contributed by atoms with Gasteiger partial charge in [-0.15, -0.1) is 5.10 Å². The van der Waals surface area contributed by atoms with Crippen LogP contribution in [0.3, 0.4) is 0 Å². The molecule has 10 heteroatoms. The Balaban J connectivity index is 1.35. The van der Waals surface area contributed by atoms with Crippen LogP contribution in [0, 0.1) is 0 Å². The predicted octanol–water partition coefficient (Wildman–Crippen LogP) is 6.67. The molecule has 1 N–H and O–H groups in total.